The molecule has 0 radical (unpaired) electrons. The molecular weight excluding hydrogens is 302 g/mol. The Morgan fingerprint density at radius 2 is 2.00 bits per heavy atom. The van der Waals surface area contributed by atoms with Crippen LogP contribution in [0.2, 0.25) is 0 Å². The lowest BCUT2D eigenvalue weighted by Crippen LogP contribution is -2.56. The van der Waals surface area contributed by atoms with Crippen LogP contribution in [0.1, 0.15) is 53.6 Å². The van der Waals surface area contributed by atoms with Crippen molar-refractivity contribution in [2.45, 2.75) is 56.7 Å². The Morgan fingerprint density at radius 3 is 2.79 bits per heavy atom. The van der Waals surface area contributed by atoms with Crippen LogP contribution in [-0.2, 0) is 22.3 Å². The van der Waals surface area contributed by atoms with Crippen molar-refractivity contribution in [1.29, 1.82) is 0 Å². The van der Waals surface area contributed by atoms with Crippen LogP contribution in [0.4, 0.5) is 0 Å². The number of benzene rings is 1. The van der Waals surface area contributed by atoms with Crippen LogP contribution in [0.5, 0.6) is 0 Å². The standard InChI is InChI=1S/C20H27NO3/c1-23-18-6-3-13-24-20(18)9-11-21(12-10-20)19(22)17-8-7-15-4-2-5-16(15)14-17/h7-8,14,18H,2-6,9-13H2,1H3/t18-/m0/s1. The molecule has 2 aliphatic heterocycles. The molecule has 4 nitrogen and oxygen atoms in total. The lowest BCUT2D eigenvalue weighted by molar-refractivity contribution is -0.183. The zero-order valence-corrected chi connectivity index (χ0v) is 14.6. The molecule has 1 aromatic carbocycles. The van der Waals surface area contributed by atoms with Crippen LogP contribution < -0.4 is 0 Å². The lowest BCUT2D eigenvalue weighted by atomic mass is 9.81. The summed E-state index contributed by atoms with van der Waals surface area (Å²) in [7, 11) is 1.78. The Balaban J connectivity index is 1.44. The van der Waals surface area contributed by atoms with Crippen LogP contribution >= 0.6 is 0 Å². The highest BCUT2D eigenvalue weighted by molar-refractivity contribution is 5.94. The first-order chi connectivity index (χ1) is 11.7. The largest absolute Gasteiger partial charge is 0.378 e. The number of amides is 1. The van der Waals surface area contributed by atoms with Crippen molar-refractivity contribution < 1.29 is 14.3 Å². The second kappa shape index (κ2) is 6.49. The number of nitrogens with zero attached hydrogens (tertiary/aromatic N) is 1. The Morgan fingerprint density at radius 1 is 1.21 bits per heavy atom. The maximum Gasteiger partial charge on any atom is 0.253 e. The van der Waals surface area contributed by atoms with E-state index in [4.69, 9.17) is 9.47 Å². The molecule has 1 amide bonds. The van der Waals surface area contributed by atoms with Crippen molar-refractivity contribution in [2.24, 2.45) is 0 Å². The maximum atomic E-state index is 12.9. The van der Waals surface area contributed by atoms with Gasteiger partial charge in [-0.2, -0.15) is 0 Å². The van der Waals surface area contributed by atoms with Crippen LogP contribution in [0, 0.1) is 0 Å². The molecule has 1 aromatic rings. The second-order valence-corrected chi connectivity index (χ2v) is 7.41. The van der Waals surface area contributed by atoms with Gasteiger partial charge in [-0.3, -0.25) is 4.79 Å². The van der Waals surface area contributed by atoms with Crippen LogP contribution in [-0.4, -0.2) is 49.3 Å². The van der Waals surface area contributed by atoms with Gasteiger partial charge >= 0.3 is 0 Å². The van der Waals surface area contributed by atoms with E-state index in [1.807, 2.05) is 11.0 Å². The highest BCUT2D eigenvalue weighted by Gasteiger charge is 2.45. The average molecular weight is 329 g/mol. The molecule has 0 saturated carbocycles. The zero-order chi connectivity index (χ0) is 16.6. The second-order valence-electron chi connectivity index (χ2n) is 7.41. The maximum absolute atomic E-state index is 12.9. The number of methoxy groups -OCH3 is 1. The number of carbonyl (C=O) groups is 1. The van der Waals surface area contributed by atoms with E-state index in [9.17, 15) is 4.79 Å². The van der Waals surface area contributed by atoms with Gasteiger partial charge in [0.25, 0.3) is 5.91 Å². The number of likely N-dealkylation sites (tertiary alicyclic amines) is 1. The fourth-order valence-electron chi connectivity index (χ4n) is 4.67. The number of hydrogen-bond donors (Lipinski definition) is 0. The van der Waals surface area contributed by atoms with Gasteiger partial charge in [-0.25, -0.2) is 0 Å². The summed E-state index contributed by atoms with van der Waals surface area (Å²) in [5, 5.41) is 0. The first-order valence-corrected chi connectivity index (χ1v) is 9.30. The fourth-order valence-corrected chi connectivity index (χ4v) is 4.67. The van der Waals surface area contributed by atoms with E-state index in [1.165, 1.54) is 17.5 Å². The summed E-state index contributed by atoms with van der Waals surface area (Å²) < 4.78 is 11.8. The summed E-state index contributed by atoms with van der Waals surface area (Å²) in [6, 6.07) is 6.27. The van der Waals surface area contributed by atoms with Crippen molar-refractivity contribution >= 4 is 5.91 Å². The molecule has 1 spiro atoms. The number of hydrogen-bond acceptors (Lipinski definition) is 3. The van der Waals surface area contributed by atoms with Crippen LogP contribution in [0.15, 0.2) is 18.2 Å². The predicted octanol–water partition coefficient (Wildman–Crippen LogP) is 2.98. The Kier molecular flexibility index (Phi) is 4.35. The van der Waals surface area contributed by atoms with E-state index in [1.54, 1.807) is 7.11 Å². The molecule has 3 aliphatic rings. The molecule has 2 saturated heterocycles. The van der Waals surface area contributed by atoms with Crippen LogP contribution in [0.3, 0.4) is 0 Å². The quantitative estimate of drug-likeness (QED) is 0.837. The molecular formula is C20H27NO3. The zero-order valence-electron chi connectivity index (χ0n) is 14.6. The summed E-state index contributed by atoms with van der Waals surface area (Å²) in [6.45, 7) is 2.34. The highest BCUT2D eigenvalue weighted by Crippen LogP contribution is 2.37. The number of carbonyl (C=O) groups excluding carboxylic acids is 1. The molecule has 4 rings (SSSR count). The van der Waals surface area contributed by atoms with E-state index in [2.05, 4.69) is 12.1 Å². The monoisotopic (exact) mass is 329 g/mol. The molecule has 0 bridgehead atoms. The molecule has 2 fully saturated rings. The summed E-state index contributed by atoms with van der Waals surface area (Å²) in [4.78, 5) is 14.9. The van der Waals surface area contributed by atoms with Gasteiger partial charge in [0.15, 0.2) is 0 Å². The average Bonchev–Trinajstić information content (AvgIpc) is 3.10. The molecule has 0 aromatic heterocycles. The number of fused-ring (bicyclic) bond motifs is 1. The van der Waals surface area contributed by atoms with E-state index >= 15 is 0 Å². The van der Waals surface area contributed by atoms with Crippen molar-refractivity contribution in [3.8, 4) is 0 Å². The van der Waals surface area contributed by atoms with Gasteiger partial charge in [0.2, 0.25) is 0 Å². The van der Waals surface area contributed by atoms with Gasteiger partial charge in [-0.15, -0.1) is 0 Å². The van der Waals surface area contributed by atoms with Crippen LogP contribution in [0.25, 0.3) is 0 Å². The SMILES string of the molecule is CO[C@H]1CCCOC12CCN(C(=O)c1ccc3c(c1)CCC3)CC2. The van der Waals surface area contributed by atoms with Gasteiger partial charge < -0.3 is 14.4 Å². The molecule has 1 atom stereocenters. The third-order valence-electron chi connectivity index (χ3n) is 6.11. The Hall–Kier alpha value is -1.39. The van der Waals surface area contributed by atoms with Crippen molar-refractivity contribution in [1.82, 2.24) is 4.90 Å². The summed E-state index contributed by atoms with van der Waals surface area (Å²) in [5.74, 6) is 0.171. The topological polar surface area (TPSA) is 38.8 Å². The first kappa shape index (κ1) is 16.1. The molecule has 24 heavy (non-hydrogen) atoms. The molecule has 2 heterocycles. The normalized spacial score (nSPS) is 25.7. The number of aryl methyl sites for hydroxylation is 2. The minimum absolute atomic E-state index is 0.170. The Labute approximate surface area is 144 Å². The van der Waals surface area contributed by atoms with Gasteiger partial charge in [0, 0.05) is 32.4 Å². The van der Waals surface area contributed by atoms with Crippen molar-refractivity contribution in [3.05, 3.63) is 34.9 Å². The molecule has 4 heteroatoms. The first-order valence-electron chi connectivity index (χ1n) is 9.30. The highest BCUT2D eigenvalue weighted by atomic mass is 16.5. The van der Waals surface area contributed by atoms with Crippen molar-refractivity contribution in [3.63, 3.8) is 0 Å². The fraction of sp³-hybridized carbons (Fsp3) is 0.650. The lowest BCUT2D eigenvalue weighted by Gasteiger charge is -2.48. The number of ether oxygens (including phenoxy) is 2. The summed E-state index contributed by atoms with van der Waals surface area (Å²) >= 11 is 0. The predicted molar refractivity (Wildman–Crippen MR) is 92.3 cm³/mol. The minimum atomic E-state index is -0.179. The summed E-state index contributed by atoms with van der Waals surface area (Å²) in [5.41, 5.74) is 3.45. The third kappa shape index (κ3) is 2.76. The summed E-state index contributed by atoms with van der Waals surface area (Å²) in [6.07, 6.45) is 7.55. The van der Waals surface area contributed by atoms with Gasteiger partial charge in [-0.05, 0) is 68.2 Å². The number of rotatable bonds is 2. The molecule has 1 aliphatic carbocycles. The third-order valence-corrected chi connectivity index (χ3v) is 6.11. The molecule has 0 unspecified atom stereocenters. The number of piperidine rings is 1. The smallest absolute Gasteiger partial charge is 0.253 e. The molecule has 130 valence electrons. The Bertz CT molecular complexity index is 619. The van der Waals surface area contributed by atoms with Gasteiger partial charge in [0.05, 0.1) is 11.7 Å². The van der Waals surface area contributed by atoms with E-state index in [0.717, 1.165) is 63.8 Å². The van der Waals surface area contributed by atoms with Gasteiger partial charge in [0.1, 0.15) is 0 Å². The minimum Gasteiger partial charge on any atom is -0.378 e. The van der Waals surface area contributed by atoms with E-state index in [-0.39, 0.29) is 17.6 Å². The molecule has 0 N–H and O–H groups in total. The van der Waals surface area contributed by atoms with E-state index < -0.39 is 0 Å². The van der Waals surface area contributed by atoms with Gasteiger partial charge in [-0.1, -0.05) is 6.07 Å². The van der Waals surface area contributed by atoms with Crippen molar-refractivity contribution in [2.75, 3.05) is 26.8 Å². The van der Waals surface area contributed by atoms with E-state index in [0.29, 0.717) is 0 Å².